The van der Waals surface area contributed by atoms with Crippen molar-refractivity contribution in [2.75, 3.05) is 6.61 Å². The van der Waals surface area contributed by atoms with Gasteiger partial charge >= 0.3 is 5.97 Å². The average Bonchev–Trinajstić information content (AvgIpc) is 2.35. The summed E-state index contributed by atoms with van der Waals surface area (Å²) in [6.07, 6.45) is 1.70. The van der Waals surface area contributed by atoms with Gasteiger partial charge in [-0.15, -0.1) is 23.7 Å². The molecule has 1 N–H and O–H groups in total. The summed E-state index contributed by atoms with van der Waals surface area (Å²) in [4.78, 5) is 15.0. The summed E-state index contributed by atoms with van der Waals surface area (Å²) in [6, 6.07) is 0. The highest BCUT2D eigenvalue weighted by Crippen LogP contribution is 2.11. The van der Waals surface area contributed by atoms with Gasteiger partial charge in [0.15, 0.2) is 0 Å². The topological polar surface area (TPSA) is 59.4 Å². The molecular weight excluding hydrogens is 214 g/mol. The number of hydrogen-bond acceptors (Lipinski definition) is 4. The van der Waals surface area contributed by atoms with E-state index in [1.165, 1.54) is 11.3 Å². The second kappa shape index (κ2) is 5.90. The number of aryl methyl sites for hydroxylation is 1. The van der Waals surface area contributed by atoms with E-state index in [0.717, 1.165) is 9.88 Å². The quantitative estimate of drug-likeness (QED) is 0.840. The average molecular weight is 224 g/mol. The van der Waals surface area contributed by atoms with Gasteiger partial charge in [-0.3, -0.25) is 0 Å². The first-order chi connectivity index (χ1) is 5.68. The van der Waals surface area contributed by atoms with Gasteiger partial charge in [-0.05, 0) is 6.92 Å². The molecule has 0 saturated heterocycles. The molecule has 1 aromatic heterocycles. The number of thiazole rings is 1. The second-order valence-corrected chi connectivity index (χ2v) is 3.55. The number of carboxylic acid groups (broad SMARTS) is 1. The molecule has 1 aromatic rings. The van der Waals surface area contributed by atoms with Gasteiger partial charge in [-0.25, -0.2) is 9.78 Å². The maximum atomic E-state index is 10.1. The van der Waals surface area contributed by atoms with Crippen molar-refractivity contribution in [3.05, 3.63) is 16.1 Å². The van der Waals surface area contributed by atoms with E-state index in [4.69, 9.17) is 9.84 Å². The Bertz CT molecular complexity index is 276. The highest BCUT2D eigenvalue weighted by molar-refractivity contribution is 7.11. The third-order valence-electron chi connectivity index (χ3n) is 1.14. The molecule has 0 amide bonds. The Morgan fingerprint density at radius 1 is 1.77 bits per heavy atom. The first kappa shape index (κ1) is 12.3. The largest absolute Gasteiger partial charge is 0.480 e. The maximum Gasteiger partial charge on any atom is 0.329 e. The number of carbonyl (C=O) groups is 1. The third kappa shape index (κ3) is 4.82. The lowest BCUT2D eigenvalue weighted by Crippen LogP contribution is -2.05. The monoisotopic (exact) mass is 223 g/mol. The molecule has 0 bridgehead atoms. The smallest absolute Gasteiger partial charge is 0.329 e. The highest BCUT2D eigenvalue weighted by Gasteiger charge is 2.00. The molecule has 1 heterocycles. The lowest BCUT2D eigenvalue weighted by atomic mass is 10.6. The number of nitrogens with zero attached hydrogens (tertiary/aromatic N) is 1. The predicted molar refractivity (Wildman–Crippen MR) is 51.4 cm³/mol. The molecule has 0 radical (unpaired) electrons. The molecule has 0 unspecified atom stereocenters. The first-order valence-electron chi connectivity index (χ1n) is 3.39. The SMILES string of the molecule is Cc1ncc(COCC(=O)O)s1.Cl. The third-order valence-corrected chi connectivity index (χ3v) is 2.03. The van der Waals surface area contributed by atoms with Crippen molar-refractivity contribution >= 4 is 29.7 Å². The standard InChI is InChI=1S/C7H9NO3S.ClH/c1-5-8-2-6(12-5)3-11-4-7(9)10;/h2H,3-4H2,1H3,(H,9,10);1H. The minimum absolute atomic E-state index is 0. The van der Waals surface area contributed by atoms with Crippen LogP contribution in [0.5, 0.6) is 0 Å². The minimum atomic E-state index is -0.948. The van der Waals surface area contributed by atoms with Crippen LogP contribution in [-0.2, 0) is 16.1 Å². The van der Waals surface area contributed by atoms with Crippen LogP contribution in [-0.4, -0.2) is 22.7 Å². The van der Waals surface area contributed by atoms with Gasteiger partial charge in [0.25, 0.3) is 0 Å². The van der Waals surface area contributed by atoms with Gasteiger partial charge < -0.3 is 9.84 Å². The van der Waals surface area contributed by atoms with Crippen LogP contribution in [0.4, 0.5) is 0 Å². The lowest BCUT2D eigenvalue weighted by Gasteiger charge is -1.95. The summed E-state index contributed by atoms with van der Waals surface area (Å²) < 4.78 is 4.87. The van der Waals surface area contributed by atoms with Gasteiger partial charge in [0.1, 0.15) is 6.61 Å². The fourth-order valence-electron chi connectivity index (χ4n) is 0.711. The first-order valence-corrected chi connectivity index (χ1v) is 4.21. The minimum Gasteiger partial charge on any atom is -0.480 e. The van der Waals surface area contributed by atoms with E-state index in [1.54, 1.807) is 6.20 Å². The van der Waals surface area contributed by atoms with Crippen molar-refractivity contribution in [1.29, 1.82) is 0 Å². The molecule has 0 aliphatic heterocycles. The van der Waals surface area contributed by atoms with Crippen LogP contribution in [0.2, 0.25) is 0 Å². The van der Waals surface area contributed by atoms with Crippen LogP contribution in [0.1, 0.15) is 9.88 Å². The maximum absolute atomic E-state index is 10.1. The van der Waals surface area contributed by atoms with Crippen molar-refractivity contribution in [3.63, 3.8) is 0 Å². The summed E-state index contributed by atoms with van der Waals surface area (Å²) >= 11 is 1.51. The van der Waals surface area contributed by atoms with Crippen LogP contribution in [0.15, 0.2) is 6.20 Å². The molecule has 0 atom stereocenters. The number of carboxylic acids is 1. The molecule has 0 aliphatic rings. The molecule has 0 spiro atoms. The molecular formula is C7H10ClNO3S. The summed E-state index contributed by atoms with van der Waals surface area (Å²) in [5.74, 6) is -0.948. The Morgan fingerprint density at radius 2 is 2.46 bits per heavy atom. The molecule has 6 heteroatoms. The van der Waals surface area contributed by atoms with Gasteiger partial charge in [-0.2, -0.15) is 0 Å². The molecule has 1 rings (SSSR count). The summed E-state index contributed by atoms with van der Waals surface area (Å²) in [7, 11) is 0. The fraction of sp³-hybridized carbons (Fsp3) is 0.429. The predicted octanol–water partition coefficient (Wildman–Crippen LogP) is 1.47. The Hall–Kier alpha value is -0.650. The second-order valence-electron chi connectivity index (χ2n) is 2.23. The highest BCUT2D eigenvalue weighted by atomic mass is 35.5. The van der Waals surface area contributed by atoms with Crippen LogP contribution >= 0.6 is 23.7 Å². The molecule has 0 saturated carbocycles. The Labute approximate surface area is 86.0 Å². The van der Waals surface area contributed by atoms with E-state index in [2.05, 4.69) is 4.98 Å². The summed E-state index contributed by atoms with van der Waals surface area (Å²) in [5, 5.41) is 9.22. The molecule has 74 valence electrons. The number of halogens is 1. The van der Waals surface area contributed by atoms with Crippen LogP contribution in [0.3, 0.4) is 0 Å². The van der Waals surface area contributed by atoms with Crippen molar-refractivity contribution in [3.8, 4) is 0 Å². The van der Waals surface area contributed by atoms with E-state index in [-0.39, 0.29) is 19.0 Å². The number of ether oxygens (including phenoxy) is 1. The van der Waals surface area contributed by atoms with Crippen molar-refractivity contribution in [1.82, 2.24) is 4.98 Å². The van der Waals surface area contributed by atoms with E-state index < -0.39 is 5.97 Å². The van der Waals surface area contributed by atoms with Crippen molar-refractivity contribution in [2.45, 2.75) is 13.5 Å². The van der Waals surface area contributed by atoms with E-state index >= 15 is 0 Å². The summed E-state index contributed by atoms with van der Waals surface area (Å²) in [5.41, 5.74) is 0. The van der Waals surface area contributed by atoms with Crippen molar-refractivity contribution in [2.24, 2.45) is 0 Å². The zero-order chi connectivity index (χ0) is 8.97. The Morgan fingerprint density at radius 3 is 2.92 bits per heavy atom. The molecule has 0 fully saturated rings. The number of hydrogen-bond donors (Lipinski definition) is 1. The van der Waals surface area contributed by atoms with Crippen LogP contribution < -0.4 is 0 Å². The molecule has 0 aromatic carbocycles. The molecule has 4 nitrogen and oxygen atoms in total. The fourth-order valence-corrected chi connectivity index (χ4v) is 1.44. The zero-order valence-corrected chi connectivity index (χ0v) is 8.65. The van der Waals surface area contributed by atoms with Crippen LogP contribution in [0.25, 0.3) is 0 Å². The molecule has 0 aliphatic carbocycles. The van der Waals surface area contributed by atoms with Crippen LogP contribution in [0, 0.1) is 6.92 Å². The number of rotatable bonds is 4. The van der Waals surface area contributed by atoms with E-state index in [9.17, 15) is 4.79 Å². The number of aliphatic carboxylic acids is 1. The van der Waals surface area contributed by atoms with Gasteiger partial charge in [0.05, 0.1) is 16.5 Å². The Kier molecular flexibility index (Phi) is 5.61. The van der Waals surface area contributed by atoms with Gasteiger partial charge in [-0.1, -0.05) is 0 Å². The van der Waals surface area contributed by atoms with Gasteiger partial charge in [0.2, 0.25) is 0 Å². The van der Waals surface area contributed by atoms with E-state index in [1.807, 2.05) is 6.92 Å². The molecule has 13 heavy (non-hydrogen) atoms. The normalized spacial score (nSPS) is 9.31. The zero-order valence-electron chi connectivity index (χ0n) is 7.02. The van der Waals surface area contributed by atoms with Crippen molar-refractivity contribution < 1.29 is 14.6 Å². The number of aromatic nitrogens is 1. The Balaban J connectivity index is 0.00000144. The van der Waals surface area contributed by atoms with Gasteiger partial charge in [0, 0.05) is 6.20 Å². The lowest BCUT2D eigenvalue weighted by molar-refractivity contribution is -0.142. The summed E-state index contributed by atoms with van der Waals surface area (Å²) in [6.45, 7) is 1.97. The van der Waals surface area contributed by atoms with E-state index in [0.29, 0.717) is 6.61 Å².